The molecular formula is C14H18F3N5O5. The van der Waals surface area contributed by atoms with Crippen molar-refractivity contribution in [2.24, 2.45) is 5.73 Å². The molecule has 1 atom stereocenters. The first-order chi connectivity index (χ1) is 12.7. The van der Waals surface area contributed by atoms with Crippen LogP contribution in [0.15, 0.2) is 17.1 Å². The summed E-state index contributed by atoms with van der Waals surface area (Å²) in [5.74, 6) is -1.60. The van der Waals surface area contributed by atoms with Crippen LogP contribution in [0.4, 0.5) is 18.0 Å². The molecule has 150 valence electrons. The molecule has 2 amide bonds. The number of nitrogens with two attached hydrogens (primary N) is 1. The van der Waals surface area contributed by atoms with Gasteiger partial charge in [-0.15, -0.1) is 0 Å². The van der Waals surface area contributed by atoms with Gasteiger partial charge in [0.15, 0.2) is 5.69 Å². The average Bonchev–Trinajstić information content (AvgIpc) is 2.60. The van der Waals surface area contributed by atoms with Gasteiger partial charge in [-0.2, -0.15) is 13.2 Å². The summed E-state index contributed by atoms with van der Waals surface area (Å²) in [6, 6.07) is -1.04. The SMILES string of the molecule is C[C@@H](N1CNn2ccc(=O)c(OCOC(=O)NCCN)c2C1=O)C(F)(F)F. The van der Waals surface area contributed by atoms with Crippen molar-refractivity contribution in [1.29, 1.82) is 0 Å². The fourth-order valence-corrected chi connectivity index (χ4v) is 2.21. The van der Waals surface area contributed by atoms with Crippen LogP contribution in [0.25, 0.3) is 0 Å². The maximum atomic E-state index is 13.0. The summed E-state index contributed by atoms with van der Waals surface area (Å²) >= 11 is 0. The van der Waals surface area contributed by atoms with Crippen LogP contribution in [0.2, 0.25) is 0 Å². The van der Waals surface area contributed by atoms with Crippen molar-refractivity contribution in [3.05, 3.63) is 28.2 Å². The Morgan fingerprint density at radius 1 is 1.44 bits per heavy atom. The van der Waals surface area contributed by atoms with Crippen molar-refractivity contribution in [3.63, 3.8) is 0 Å². The molecule has 1 aliphatic rings. The summed E-state index contributed by atoms with van der Waals surface area (Å²) in [5.41, 5.74) is 6.57. The molecule has 10 nitrogen and oxygen atoms in total. The zero-order valence-corrected chi connectivity index (χ0v) is 14.2. The minimum Gasteiger partial charge on any atom is -0.451 e. The molecule has 0 aromatic carbocycles. The largest absolute Gasteiger partial charge is 0.451 e. The summed E-state index contributed by atoms with van der Waals surface area (Å²) in [6.07, 6.45) is -4.34. The molecular weight excluding hydrogens is 375 g/mol. The summed E-state index contributed by atoms with van der Waals surface area (Å²) in [7, 11) is 0. The highest BCUT2D eigenvalue weighted by molar-refractivity contribution is 5.96. The number of alkyl halides is 3. The van der Waals surface area contributed by atoms with Gasteiger partial charge >= 0.3 is 12.3 Å². The second-order valence-corrected chi connectivity index (χ2v) is 5.45. The number of nitrogens with zero attached hydrogens (tertiary/aromatic N) is 2. The number of pyridine rings is 1. The Morgan fingerprint density at radius 2 is 2.15 bits per heavy atom. The van der Waals surface area contributed by atoms with Gasteiger partial charge in [0.2, 0.25) is 18.0 Å². The number of aromatic nitrogens is 1. The van der Waals surface area contributed by atoms with E-state index in [9.17, 15) is 27.6 Å². The van der Waals surface area contributed by atoms with Crippen molar-refractivity contribution >= 4 is 12.0 Å². The summed E-state index contributed by atoms with van der Waals surface area (Å²) in [6.45, 7) is -0.00882. The first kappa shape index (κ1) is 20.4. The summed E-state index contributed by atoms with van der Waals surface area (Å²) in [4.78, 5) is 36.4. The zero-order valence-electron chi connectivity index (χ0n) is 14.2. The second kappa shape index (κ2) is 8.16. The molecule has 0 bridgehead atoms. The number of nitrogens with one attached hydrogen (secondary N) is 2. The third-order valence-corrected chi connectivity index (χ3v) is 3.68. The normalized spacial score (nSPS) is 14.9. The number of hydrogen-bond donors (Lipinski definition) is 3. The van der Waals surface area contributed by atoms with Crippen molar-refractivity contribution in [1.82, 2.24) is 14.9 Å². The third-order valence-electron chi connectivity index (χ3n) is 3.68. The Bertz CT molecular complexity index is 766. The number of amides is 2. The van der Waals surface area contributed by atoms with Gasteiger partial charge in [-0.3, -0.25) is 14.3 Å². The Labute approximate surface area is 151 Å². The third kappa shape index (κ3) is 4.61. The highest BCUT2D eigenvalue weighted by Gasteiger charge is 2.44. The van der Waals surface area contributed by atoms with E-state index in [1.54, 1.807) is 0 Å². The highest BCUT2D eigenvalue weighted by atomic mass is 19.4. The van der Waals surface area contributed by atoms with Gasteiger partial charge < -0.3 is 30.8 Å². The molecule has 0 aliphatic carbocycles. The molecule has 27 heavy (non-hydrogen) atoms. The van der Waals surface area contributed by atoms with E-state index in [-0.39, 0.29) is 13.1 Å². The van der Waals surface area contributed by atoms with E-state index < -0.39 is 54.6 Å². The molecule has 1 aromatic rings. The minimum absolute atomic E-state index is 0.148. The number of carbonyl (C=O) groups excluding carboxylic acids is 2. The molecule has 0 saturated carbocycles. The fraction of sp³-hybridized carbons (Fsp3) is 0.500. The van der Waals surface area contributed by atoms with Gasteiger partial charge in [-0.1, -0.05) is 0 Å². The van der Waals surface area contributed by atoms with E-state index in [4.69, 9.17) is 10.5 Å². The highest BCUT2D eigenvalue weighted by Crippen LogP contribution is 2.28. The van der Waals surface area contributed by atoms with E-state index in [0.29, 0.717) is 4.90 Å². The number of fused-ring (bicyclic) bond motifs is 1. The van der Waals surface area contributed by atoms with Gasteiger partial charge in [0, 0.05) is 25.4 Å². The minimum atomic E-state index is -4.65. The quantitative estimate of drug-likeness (QED) is 0.570. The van der Waals surface area contributed by atoms with E-state index in [0.717, 1.165) is 17.7 Å². The topological polar surface area (TPSA) is 128 Å². The Balaban J connectivity index is 2.21. The molecule has 0 unspecified atom stereocenters. The van der Waals surface area contributed by atoms with Crippen molar-refractivity contribution in [2.75, 3.05) is 32.0 Å². The lowest BCUT2D eigenvalue weighted by Gasteiger charge is -2.36. The van der Waals surface area contributed by atoms with E-state index >= 15 is 0 Å². The molecule has 0 fully saturated rings. The molecule has 2 rings (SSSR count). The maximum absolute atomic E-state index is 13.0. The first-order valence-electron chi connectivity index (χ1n) is 7.77. The molecule has 0 radical (unpaired) electrons. The van der Waals surface area contributed by atoms with Gasteiger partial charge in [-0.05, 0) is 6.92 Å². The van der Waals surface area contributed by atoms with Crippen molar-refractivity contribution in [3.8, 4) is 5.75 Å². The Hall–Kier alpha value is -2.96. The van der Waals surface area contributed by atoms with Gasteiger partial charge in [-0.25, -0.2) is 4.79 Å². The summed E-state index contributed by atoms with van der Waals surface area (Å²) < 4.78 is 49.7. The van der Waals surface area contributed by atoms with Crippen molar-refractivity contribution in [2.45, 2.75) is 19.1 Å². The number of rotatable bonds is 6. The molecule has 0 spiro atoms. The van der Waals surface area contributed by atoms with Crippen LogP contribution in [-0.2, 0) is 4.74 Å². The zero-order chi connectivity index (χ0) is 20.2. The number of ether oxygens (including phenoxy) is 2. The predicted octanol–water partition coefficient (Wildman–Crippen LogP) is -0.223. The van der Waals surface area contributed by atoms with Crippen LogP contribution in [0.5, 0.6) is 5.75 Å². The van der Waals surface area contributed by atoms with E-state index in [1.165, 1.54) is 6.20 Å². The molecule has 4 N–H and O–H groups in total. The molecule has 0 saturated heterocycles. The average molecular weight is 393 g/mol. The molecule has 1 aromatic heterocycles. The fourth-order valence-electron chi connectivity index (χ4n) is 2.21. The number of alkyl carbamates (subject to hydrolysis) is 1. The number of hydrogen-bond acceptors (Lipinski definition) is 7. The lowest BCUT2D eigenvalue weighted by Crippen LogP contribution is -2.54. The van der Waals surface area contributed by atoms with Crippen molar-refractivity contribution < 1.29 is 32.2 Å². The lowest BCUT2D eigenvalue weighted by molar-refractivity contribution is -0.172. The van der Waals surface area contributed by atoms with Crippen LogP contribution < -0.4 is 26.6 Å². The molecule has 13 heteroatoms. The van der Waals surface area contributed by atoms with Crippen LogP contribution in [0, 0.1) is 0 Å². The monoisotopic (exact) mass is 393 g/mol. The van der Waals surface area contributed by atoms with Gasteiger partial charge in [0.25, 0.3) is 5.91 Å². The van der Waals surface area contributed by atoms with Crippen LogP contribution in [0.1, 0.15) is 17.4 Å². The smallest absolute Gasteiger partial charge is 0.410 e. The Kier molecular flexibility index (Phi) is 6.15. The standard InChI is InChI=1S/C14H18F3N5O5/c1-8(14(15,16)17)21-6-20-22-5-2-9(23)11(10(22)12(21)24)26-7-27-13(25)19-4-3-18/h2,5,8,20H,3-4,6-7,18H2,1H3,(H,19,25)/t8-/m1/s1. The number of halogens is 3. The summed E-state index contributed by atoms with van der Waals surface area (Å²) in [5, 5.41) is 2.28. The lowest BCUT2D eigenvalue weighted by atomic mass is 10.2. The number of carbonyl (C=O) groups is 2. The van der Waals surface area contributed by atoms with Crippen LogP contribution >= 0.6 is 0 Å². The van der Waals surface area contributed by atoms with Gasteiger partial charge in [0.1, 0.15) is 12.7 Å². The molecule has 1 aliphatic heterocycles. The maximum Gasteiger partial charge on any atom is 0.410 e. The predicted molar refractivity (Wildman–Crippen MR) is 85.6 cm³/mol. The van der Waals surface area contributed by atoms with Gasteiger partial charge in [0.05, 0.1) is 0 Å². The van der Waals surface area contributed by atoms with Crippen LogP contribution in [-0.4, -0.2) is 60.3 Å². The second-order valence-electron chi connectivity index (χ2n) is 5.45. The Morgan fingerprint density at radius 3 is 2.78 bits per heavy atom. The molecule has 2 heterocycles. The van der Waals surface area contributed by atoms with Crippen LogP contribution in [0.3, 0.4) is 0 Å². The van der Waals surface area contributed by atoms with E-state index in [1.807, 2.05) is 0 Å². The van der Waals surface area contributed by atoms with E-state index in [2.05, 4.69) is 15.5 Å². The first-order valence-corrected chi connectivity index (χ1v) is 7.77.